The van der Waals surface area contributed by atoms with Crippen molar-refractivity contribution in [3.8, 4) is 0 Å². The molecule has 0 spiro atoms. The molecule has 0 saturated carbocycles. The summed E-state index contributed by atoms with van der Waals surface area (Å²) in [5.74, 6) is -1.12. The van der Waals surface area contributed by atoms with E-state index in [1.54, 1.807) is 6.07 Å². The zero-order valence-corrected chi connectivity index (χ0v) is 8.42. The predicted octanol–water partition coefficient (Wildman–Crippen LogP) is 1.75. The number of rotatable bonds is 2. The molecule has 0 radical (unpaired) electrons. The lowest BCUT2D eigenvalue weighted by Gasteiger charge is -2.18. The SMILES string of the molecule is NC[C@@H]1CCN(c2ccc(F)c(F)c2)C1. The quantitative estimate of drug-likeness (QED) is 0.809. The van der Waals surface area contributed by atoms with Crippen LogP contribution in [0.4, 0.5) is 14.5 Å². The van der Waals surface area contributed by atoms with E-state index in [4.69, 9.17) is 5.73 Å². The minimum Gasteiger partial charge on any atom is -0.371 e. The van der Waals surface area contributed by atoms with Gasteiger partial charge in [0, 0.05) is 24.8 Å². The van der Waals surface area contributed by atoms with Crippen molar-refractivity contribution in [1.82, 2.24) is 0 Å². The molecule has 1 aliphatic heterocycles. The Balaban J connectivity index is 2.13. The summed E-state index contributed by atoms with van der Waals surface area (Å²) in [5.41, 5.74) is 6.31. The number of nitrogens with zero attached hydrogens (tertiary/aromatic N) is 1. The molecule has 2 N–H and O–H groups in total. The zero-order valence-electron chi connectivity index (χ0n) is 8.42. The minimum absolute atomic E-state index is 0.470. The van der Waals surface area contributed by atoms with Crippen molar-refractivity contribution in [1.29, 1.82) is 0 Å². The van der Waals surface area contributed by atoms with Crippen LogP contribution in [0.1, 0.15) is 6.42 Å². The Labute approximate surface area is 87.7 Å². The zero-order chi connectivity index (χ0) is 10.8. The van der Waals surface area contributed by atoms with E-state index in [0.29, 0.717) is 12.5 Å². The number of hydrogen-bond donors (Lipinski definition) is 1. The first-order valence-corrected chi connectivity index (χ1v) is 5.11. The average Bonchev–Trinajstić information content (AvgIpc) is 2.70. The van der Waals surface area contributed by atoms with Gasteiger partial charge in [-0.3, -0.25) is 0 Å². The lowest BCUT2D eigenvalue weighted by atomic mass is 10.1. The van der Waals surface area contributed by atoms with Crippen molar-refractivity contribution in [2.45, 2.75) is 6.42 Å². The van der Waals surface area contributed by atoms with Crippen molar-refractivity contribution in [2.24, 2.45) is 11.7 Å². The number of halogens is 2. The Morgan fingerprint density at radius 3 is 2.73 bits per heavy atom. The van der Waals surface area contributed by atoms with Crippen LogP contribution in [-0.4, -0.2) is 19.6 Å². The van der Waals surface area contributed by atoms with Crippen LogP contribution in [0.2, 0.25) is 0 Å². The van der Waals surface area contributed by atoms with Gasteiger partial charge in [0.2, 0.25) is 0 Å². The van der Waals surface area contributed by atoms with Crippen LogP contribution in [0.5, 0.6) is 0 Å². The van der Waals surface area contributed by atoms with E-state index in [1.165, 1.54) is 12.1 Å². The Morgan fingerprint density at radius 2 is 2.13 bits per heavy atom. The van der Waals surface area contributed by atoms with Crippen LogP contribution in [0.15, 0.2) is 18.2 Å². The lowest BCUT2D eigenvalue weighted by molar-refractivity contribution is 0.508. The molecular formula is C11H14F2N2. The summed E-state index contributed by atoms with van der Waals surface area (Å²) in [5, 5.41) is 0. The highest BCUT2D eigenvalue weighted by Crippen LogP contribution is 2.24. The number of benzene rings is 1. The second-order valence-electron chi connectivity index (χ2n) is 3.93. The van der Waals surface area contributed by atoms with Gasteiger partial charge in [-0.15, -0.1) is 0 Å². The highest BCUT2D eigenvalue weighted by atomic mass is 19.2. The smallest absolute Gasteiger partial charge is 0.160 e. The van der Waals surface area contributed by atoms with Crippen LogP contribution < -0.4 is 10.6 Å². The van der Waals surface area contributed by atoms with Gasteiger partial charge in [0.05, 0.1) is 0 Å². The van der Waals surface area contributed by atoms with E-state index in [2.05, 4.69) is 0 Å². The van der Waals surface area contributed by atoms with E-state index in [-0.39, 0.29) is 0 Å². The molecule has 1 saturated heterocycles. The molecule has 4 heteroatoms. The van der Waals surface area contributed by atoms with Crippen LogP contribution in [-0.2, 0) is 0 Å². The highest BCUT2D eigenvalue weighted by Gasteiger charge is 2.21. The standard InChI is InChI=1S/C11H14F2N2/c12-10-2-1-9(5-11(10)13)15-4-3-8(6-14)7-15/h1-2,5,8H,3-4,6-7,14H2/t8-/m0/s1. The summed E-state index contributed by atoms with van der Waals surface area (Å²) in [6.07, 6.45) is 1.02. The van der Waals surface area contributed by atoms with Crippen molar-refractivity contribution in [3.05, 3.63) is 29.8 Å². The Kier molecular flexibility index (Phi) is 2.86. The van der Waals surface area contributed by atoms with Crippen LogP contribution in [0.3, 0.4) is 0 Å². The van der Waals surface area contributed by atoms with Crippen LogP contribution in [0, 0.1) is 17.6 Å². The molecule has 82 valence electrons. The first-order valence-electron chi connectivity index (χ1n) is 5.11. The normalized spacial score (nSPS) is 21.0. The van der Waals surface area contributed by atoms with Gasteiger partial charge in [0.1, 0.15) is 0 Å². The maximum Gasteiger partial charge on any atom is 0.160 e. The van der Waals surface area contributed by atoms with Crippen molar-refractivity contribution < 1.29 is 8.78 Å². The molecule has 1 fully saturated rings. The van der Waals surface area contributed by atoms with E-state index >= 15 is 0 Å². The van der Waals surface area contributed by atoms with Crippen LogP contribution in [0.25, 0.3) is 0 Å². The second-order valence-corrected chi connectivity index (χ2v) is 3.93. The molecule has 0 bridgehead atoms. The fourth-order valence-electron chi connectivity index (χ4n) is 1.94. The van der Waals surface area contributed by atoms with E-state index in [9.17, 15) is 8.78 Å². The van der Waals surface area contributed by atoms with Gasteiger partial charge in [-0.2, -0.15) is 0 Å². The molecule has 1 heterocycles. The Bertz CT molecular complexity index is 354. The van der Waals surface area contributed by atoms with Crippen molar-refractivity contribution in [2.75, 3.05) is 24.5 Å². The fourth-order valence-corrected chi connectivity index (χ4v) is 1.94. The second kappa shape index (κ2) is 4.14. The fraction of sp³-hybridized carbons (Fsp3) is 0.455. The summed E-state index contributed by atoms with van der Waals surface area (Å²) in [4.78, 5) is 2.04. The summed E-state index contributed by atoms with van der Waals surface area (Å²) < 4.78 is 25.7. The van der Waals surface area contributed by atoms with Gasteiger partial charge in [-0.1, -0.05) is 0 Å². The summed E-state index contributed by atoms with van der Waals surface area (Å²) in [7, 11) is 0. The largest absolute Gasteiger partial charge is 0.371 e. The topological polar surface area (TPSA) is 29.3 Å². The third-order valence-electron chi connectivity index (χ3n) is 2.89. The van der Waals surface area contributed by atoms with Gasteiger partial charge < -0.3 is 10.6 Å². The molecule has 0 aliphatic carbocycles. The summed E-state index contributed by atoms with van der Waals surface area (Å²) >= 11 is 0. The average molecular weight is 212 g/mol. The third-order valence-corrected chi connectivity index (χ3v) is 2.89. The first-order chi connectivity index (χ1) is 7.20. The monoisotopic (exact) mass is 212 g/mol. The van der Waals surface area contributed by atoms with Gasteiger partial charge in [0.25, 0.3) is 0 Å². The molecular weight excluding hydrogens is 198 g/mol. The maximum atomic E-state index is 13.0. The van der Waals surface area contributed by atoms with Gasteiger partial charge in [-0.05, 0) is 31.0 Å². The van der Waals surface area contributed by atoms with E-state index in [1.807, 2.05) is 4.90 Å². The van der Waals surface area contributed by atoms with Crippen molar-refractivity contribution in [3.63, 3.8) is 0 Å². The van der Waals surface area contributed by atoms with Gasteiger partial charge in [0.15, 0.2) is 11.6 Å². The molecule has 0 amide bonds. The van der Waals surface area contributed by atoms with Gasteiger partial charge >= 0.3 is 0 Å². The summed E-state index contributed by atoms with van der Waals surface area (Å²) in [6, 6.07) is 4.02. The van der Waals surface area contributed by atoms with Crippen LogP contribution >= 0.6 is 0 Å². The molecule has 1 aliphatic rings. The third kappa shape index (κ3) is 2.09. The van der Waals surface area contributed by atoms with E-state index in [0.717, 1.165) is 25.2 Å². The Hall–Kier alpha value is -1.16. The number of nitrogens with two attached hydrogens (primary N) is 1. The van der Waals surface area contributed by atoms with Gasteiger partial charge in [-0.25, -0.2) is 8.78 Å². The highest BCUT2D eigenvalue weighted by molar-refractivity contribution is 5.47. The molecule has 0 unspecified atom stereocenters. The van der Waals surface area contributed by atoms with E-state index < -0.39 is 11.6 Å². The molecule has 2 rings (SSSR count). The molecule has 0 aromatic heterocycles. The molecule has 1 aromatic rings. The first kappa shape index (κ1) is 10.4. The predicted molar refractivity (Wildman–Crippen MR) is 55.7 cm³/mol. The number of anilines is 1. The lowest BCUT2D eigenvalue weighted by Crippen LogP contribution is -2.22. The minimum atomic E-state index is -0.798. The molecule has 15 heavy (non-hydrogen) atoms. The molecule has 2 nitrogen and oxygen atoms in total. The molecule has 1 atom stereocenters. The number of hydrogen-bond acceptors (Lipinski definition) is 2. The summed E-state index contributed by atoms with van der Waals surface area (Å²) in [6.45, 7) is 2.36. The Morgan fingerprint density at radius 1 is 1.33 bits per heavy atom. The van der Waals surface area contributed by atoms with Crippen molar-refractivity contribution >= 4 is 5.69 Å². The molecule has 1 aromatic carbocycles. The maximum absolute atomic E-state index is 13.0.